The Morgan fingerprint density at radius 1 is 1.24 bits per heavy atom. The molecule has 21 heavy (non-hydrogen) atoms. The molecule has 0 spiro atoms. The third-order valence-electron chi connectivity index (χ3n) is 2.52. The molecule has 7 nitrogen and oxygen atoms in total. The number of ether oxygens (including phenoxy) is 1. The zero-order valence-corrected chi connectivity index (χ0v) is 11.9. The van der Waals surface area contributed by atoms with Crippen LogP contribution in [0.4, 0.5) is 10.5 Å². The molecule has 7 heteroatoms. The molecule has 114 valence electrons. The Balaban J connectivity index is 2.44. The standard InChI is InChI=1S/C14H18N2O5/c1-9(2)10-4-3-5-11(6-10)15-14(20)16-12(17)7-21-8-13(18)19/h3-6,9H,7-8H2,1-2H3,(H,18,19)(H2,15,16,17,20). The largest absolute Gasteiger partial charge is 0.480 e. The second kappa shape index (κ2) is 8.01. The smallest absolute Gasteiger partial charge is 0.329 e. The van der Waals surface area contributed by atoms with E-state index < -0.39 is 31.1 Å². The zero-order chi connectivity index (χ0) is 15.8. The van der Waals surface area contributed by atoms with Crippen molar-refractivity contribution in [1.29, 1.82) is 0 Å². The highest BCUT2D eigenvalue weighted by molar-refractivity contribution is 6.01. The second-order valence-corrected chi connectivity index (χ2v) is 4.67. The van der Waals surface area contributed by atoms with E-state index in [1.807, 2.05) is 37.4 Å². The van der Waals surface area contributed by atoms with Gasteiger partial charge in [-0.1, -0.05) is 26.0 Å². The number of anilines is 1. The van der Waals surface area contributed by atoms with E-state index in [2.05, 4.69) is 10.1 Å². The van der Waals surface area contributed by atoms with Crippen LogP contribution in [-0.2, 0) is 14.3 Å². The normalized spacial score (nSPS) is 10.2. The number of carbonyl (C=O) groups is 3. The molecular weight excluding hydrogens is 276 g/mol. The van der Waals surface area contributed by atoms with Crippen molar-refractivity contribution < 1.29 is 24.2 Å². The highest BCUT2D eigenvalue weighted by Gasteiger charge is 2.09. The van der Waals surface area contributed by atoms with Crippen molar-refractivity contribution in [3.63, 3.8) is 0 Å². The Labute approximate surface area is 122 Å². The molecule has 1 aromatic rings. The van der Waals surface area contributed by atoms with Gasteiger partial charge in [-0.3, -0.25) is 10.1 Å². The SMILES string of the molecule is CC(C)c1cccc(NC(=O)NC(=O)COCC(=O)O)c1. The number of amides is 3. The minimum absolute atomic E-state index is 0.320. The Kier molecular flexibility index (Phi) is 6.35. The van der Waals surface area contributed by atoms with Crippen LogP contribution >= 0.6 is 0 Å². The molecule has 0 radical (unpaired) electrons. The molecule has 0 unspecified atom stereocenters. The molecule has 0 aliphatic rings. The molecule has 0 aromatic heterocycles. The Morgan fingerprint density at radius 2 is 1.95 bits per heavy atom. The lowest BCUT2D eigenvalue weighted by molar-refractivity contribution is -0.143. The highest BCUT2D eigenvalue weighted by Crippen LogP contribution is 2.18. The first-order chi connectivity index (χ1) is 9.88. The summed E-state index contributed by atoms with van der Waals surface area (Å²) in [5.74, 6) is -1.58. The predicted octanol–water partition coefficient (Wildman–Crippen LogP) is 1.56. The maximum Gasteiger partial charge on any atom is 0.329 e. The number of carboxylic acids is 1. The quantitative estimate of drug-likeness (QED) is 0.738. The summed E-state index contributed by atoms with van der Waals surface area (Å²) >= 11 is 0. The molecule has 3 amide bonds. The second-order valence-electron chi connectivity index (χ2n) is 4.67. The third-order valence-corrected chi connectivity index (χ3v) is 2.52. The maximum absolute atomic E-state index is 11.6. The van der Waals surface area contributed by atoms with Gasteiger partial charge >= 0.3 is 12.0 Å². The number of hydrogen-bond acceptors (Lipinski definition) is 4. The van der Waals surface area contributed by atoms with Crippen molar-refractivity contribution in [2.75, 3.05) is 18.5 Å². The molecule has 0 aliphatic heterocycles. The first-order valence-corrected chi connectivity index (χ1v) is 6.39. The molecule has 0 bridgehead atoms. The summed E-state index contributed by atoms with van der Waals surface area (Å²) < 4.78 is 4.57. The Bertz CT molecular complexity index is 528. The van der Waals surface area contributed by atoms with Gasteiger partial charge in [0.05, 0.1) is 0 Å². The van der Waals surface area contributed by atoms with Gasteiger partial charge in [0.25, 0.3) is 5.91 Å². The highest BCUT2D eigenvalue weighted by atomic mass is 16.5. The van der Waals surface area contributed by atoms with Crippen LogP contribution in [0.15, 0.2) is 24.3 Å². The zero-order valence-electron chi connectivity index (χ0n) is 11.9. The fraction of sp³-hybridized carbons (Fsp3) is 0.357. The van der Waals surface area contributed by atoms with Crippen LogP contribution in [0.1, 0.15) is 25.3 Å². The summed E-state index contributed by atoms with van der Waals surface area (Å²) in [5, 5.41) is 12.9. The molecule has 1 rings (SSSR count). The van der Waals surface area contributed by atoms with E-state index in [1.54, 1.807) is 6.07 Å². The van der Waals surface area contributed by atoms with Gasteiger partial charge in [0.1, 0.15) is 13.2 Å². The number of nitrogens with one attached hydrogen (secondary N) is 2. The summed E-state index contributed by atoms with van der Waals surface area (Å²) in [4.78, 5) is 33.1. The summed E-state index contributed by atoms with van der Waals surface area (Å²) in [6, 6.07) is 6.58. The first kappa shape index (κ1) is 16.6. The van der Waals surface area contributed by atoms with Crippen LogP contribution in [0, 0.1) is 0 Å². The van der Waals surface area contributed by atoms with Crippen molar-refractivity contribution in [1.82, 2.24) is 5.32 Å². The Hall–Kier alpha value is -2.41. The Morgan fingerprint density at radius 3 is 2.57 bits per heavy atom. The number of carboxylic acid groups (broad SMARTS) is 1. The van der Waals surface area contributed by atoms with Gasteiger partial charge in [-0.2, -0.15) is 0 Å². The van der Waals surface area contributed by atoms with E-state index in [0.29, 0.717) is 11.6 Å². The average molecular weight is 294 g/mol. The maximum atomic E-state index is 11.6. The van der Waals surface area contributed by atoms with E-state index in [9.17, 15) is 14.4 Å². The molecule has 0 heterocycles. The topological polar surface area (TPSA) is 105 Å². The van der Waals surface area contributed by atoms with E-state index in [4.69, 9.17) is 5.11 Å². The number of hydrogen-bond donors (Lipinski definition) is 3. The fourth-order valence-corrected chi connectivity index (χ4v) is 1.53. The number of aliphatic carboxylic acids is 1. The molecule has 0 fully saturated rings. The van der Waals surface area contributed by atoms with E-state index in [0.717, 1.165) is 5.56 Å². The van der Waals surface area contributed by atoms with Crippen LogP contribution in [0.5, 0.6) is 0 Å². The van der Waals surface area contributed by atoms with Crippen molar-refractivity contribution >= 4 is 23.6 Å². The molecule has 0 aliphatic carbocycles. The van der Waals surface area contributed by atoms with E-state index >= 15 is 0 Å². The lowest BCUT2D eigenvalue weighted by Gasteiger charge is -2.10. The minimum Gasteiger partial charge on any atom is -0.480 e. The van der Waals surface area contributed by atoms with Gasteiger partial charge in [0.2, 0.25) is 0 Å². The molecular formula is C14H18N2O5. The minimum atomic E-state index is -1.18. The molecule has 1 aromatic carbocycles. The van der Waals surface area contributed by atoms with Crippen LogP contribution in [0.2, 0.25) is 0 Å². The molecule has 0 saturated heterocycles. The predicted molar refractivity (Wildman–Crippen MR) is 76.1 cm³/mol. The number of imide groups is 1. The van der Waals surface area contributed by atoms with Crippen LogP contribution in [0.3, 0.4) is 0 Å². The van der Waals surface area contributed by atoms with Gasteiger partial charge in [-0.05, 0) is 23.6 Å². The van der Waals surface area contributed by atoms with Gasteiger partial charge in [0.15, 0.2) is 0 Å². The summed E-state index contributed by atoms with van der Waals surface area (Å²) in [5.41, 5.74) is 1.63. The monoisotopic (exact) mass is 294 g/mol. The fourth-order valence-electron chi connectivity index (χ4n) is 1.53. The van der Waals surface area contributed by atoms with Crippen LogP contribution < -0.4 is 10.6 Å². The van der Waals surface area contributed by atoms with Crippen LogP contribution in [0.25, 0.3) is 0 Å². The number of rotatable bonds is 6. The lowest BCUT2D eigenvalue weighted by atomic mass is 10.0. The number of urea groups is 1. The molecule has 0 saturated carbocycles. The first-order valence-electron chi connectivity index (χ1n) is 6.39. The third kappa shape index (κ3) is 6.53. The molecule has 3 N–H and O–H groups in total. The summed E-state index contributed by atoms with van der Waals surface area (Å²) in [6.07, 6.45) is 0. The van der Waals surface area contributed by atoms with Crippen molar-refractivity contribution in [3.8, 4) is 0 Å². The molecule has 0 atom stereocenters. The summed E-state index contributed by atoms with van der Waals surface area (Å²) in [6.45, 7) is 2.97. The van der Waals surface area contributed by atoms with E-state index in [-0.39, 0.29) is 0 Å². The lowest BCUT2D eigenvalue weighted by Crippen LogP contribution is -2.37. The van der Waals surface area contributed by atoms with Crippen molar-refractivity contribution in [2.24, 2.45) is 0 Å². The van der Waals surface area contributed by atoms with E-state index in [1.165, 1.54) is 0 Å². The summed E-state index contributed by atoms with van der Waals surface area (Å²) in [7, 11) is 0. The van der Waals surface area contributed by atoms with Crippen molar-refractivity contribution in [3.05, 3.63) is 29.8 Å². The van der Waals surface area contributed by atoms with Gasteiger partial charge in [-0.25, -0.2) is 9.59 Å². The van der Waals surface area contributed by atoms with Gasteiger partial charge in [-0.15, -0.1) is 0 Å². The van der Waals surface area contributed by atoms with Crippen molar-refractivity contribution in [2.45, 2.75) is 19.8 Å². The number of benzene rings is 1. The van der Waals surface area contributed by atoms with Gasteiger partial charge in [0, 0.05) is 5.69 Å². The van der Waals surface area contributed by atoms with Gasteiger partial charge < -0.3 is 15.2 Å². The average Bonchev–Trinajstić information content (AvgIpc) is 2.38. The number of carbonyl (C=O) groups excluding carboxylic acids is 2. The van der Waals surface area contributed by atoms with Crippen LogP contribution in [-0.4, -0.2) is 36.2 Å².